The fourth-order valence-electron chi connectivity index (χ4n) is 0.936. The van der Waals surface area contributed by atoms with Gasteiger partial charge in [0.1, 0.15) is 6.54 Å². The first-order chi connectivity index (χ1) is 5.14. The second-order valence-corrected chi connectivity index (χ2v) is 3.49. The maximum absolute atomic E-state index is 5.26. The third-order valence-corrected chi connectivity index (χ3v) is 2.02. The Labute approximate surface area is 91.2 Å². The monoisotopic (exact) mass is 281 g/mol. The second kappa shape index (κ2) is 4.87. The normalized spacial score (nSPS) is 10.9. The molecule has 1 aromatic rings. The second-order valence-electron chi connectivity index (χ2n) is 3.49. The standard InChI is InChI=1S/C9H16NO.HI/c1-4-10(2,3)8-9-6-5-7-11-9;/h5-7H,4,8H2,1-3H3;1H/q+1;/p-1. The summed E-state index contributed by atoms with van der Waals surface area (Å²) in [6, 6.07) is 3.96. The van der Waals surface area contributed by atoms with E-state index in [1.54, 1.807) is 6.26 Å². The van der Waals surface area contributed by atoms with E-state index in [2.05, 4.69) is 21.0 Å². The zero-order valence-electron chi connectivity index (χ0n) is 7.88. The van der Waals surface area contributed by atoms with Gasteiger partial charge in [0.25, 0.3) is 0 Å². The highest BCUT2D eigenvalue weighted by molar-refractivity contribution is 4.95. The van der Waals surface area contributed by atoms with E-state index >= 15 is 0 Å². The summed E-state index contributed by atoms with van der Waals surface area (Å²) in [4.78, 5) is 0. The van der Waals surface area contributed by atoms with Crippen LogP contribution in [0.1, 0.15) is 12.7 Å². The Kier molecular flexibility index (Phi) is 4.85. The predicted molar refractivity (Wildman–Crippen MR) is 45.1 cm³/mol. The fourth-order valence-corrected chi connectivity index (χ4v) is 0.936. The van der Waals surface area contributed by atoms with Gasteiger partial charge in [-0.3, -0.25) is 0 Å². The highest BCUT2D eigenvalue weighted by Crippen LogP contribution is 2.08. The van der Waals surface area contributed by atoms with Crippen molar-refractivity contribution >= 4 is 0 Å². The van der Waals surface area contributed by atoms with Gasteiger partial charge >= 0.3 is 0 Å². The molecule has 1 aromatic heterocycles. The van der Waals surface area contributed by atoms with Crippen molar-refractivity contribution in [2.45, 2.75) is 13.5 Å². The minimum Gasteiger partial charge on any atom is -1.00 e. The summed E-state index contributed by atoms with van der Waals surface area (Å²) < 4.78 is 6.24. The maximum Gasteiger partial charge on any atom is 0.158 e. The summed E-state index contributed by atoms with van der Waals surface area (Å²) in [5.74, 6) is 1.07. The molecule has 3 heteroatoms. The summed E-state index contributed by atoms with van der Waals surface area (Å²) in [7, 11) is 4.39. The van der Waals surface area contributed by atoms with Crippen molar-refractivity contribution in [3.8, 4) is 0 Å². The molecule has 0 N–H and O–H groups in total. The molecule has 1 rings (SSSR count). The van der Waals surface area contributed by atoms with Crippen LogP contribution in [-0.4, -0.2) is 25.1 Å². The topological polar surface area (TPSA) is 13.1 Å². The van der Waals surface area contributed by atoms with Gasteiger partial charge in [0.15, 0.2) is 5.76 Å². The van der Waals surface area contributed by atoms with Crippen molar-refractivity contribution in [2.75, 3.05) is 20.6 Å². The van der Waals surface area contributed by atoms with Crippen LogP contribution in [0, 0.1) is 0 Å². The van der Waals surface area contributed by atoms with E-state index in [9.17, 15) is 0 Å². The first kappa shape index (κ1) is 12.0. The van der Waals surface area contributed by atoms with Crippen LogP contribution < -0.4 is 24.0 Å². The van der Waals surface area contributed by atoms with E-state index < -0.39 is 0 Å². The third-order valence-electron chi connectivity index (χ3n) is 2.02. The van der Waals surface area contributed by atoms with E-state index in [0.717, 1.165) is 23.3 Å². The molecule has 0 saturated carbocycles. The van der Waals surface area contributed by atoms with Crippen molar-refractivity contribution in [2.24, 2.45) is 0 Å². The van der Waals surface area contributed by atoms with E-state index in [1.807, 2.05) is 12.1 Å². The Bertz CT molecular complexity index is 206. The lowest BCUT2D eigenvalue weighted by molar-refractivity contribution is -0.902. The molecule has 0 aliphatic heterocycles. The number of halogens is 1. The molecule has 12 heavy (non-hydrogen) atoms. The van der Waals surface area contributed by atoms with E-state index in [-0.39, 0.29) is 24.0 Å². The van der Waals surface area contributed by atoms with Crippen molar-refractivity contribution in [1.82, 2.24) is 0 Å². The lowest BCUT2D eigenvalue weighted by Crippen LogP contribution is -3.00. The molecule has 0 fully saturated rings. The molecule has 0 aliphatic carbocycles. The van der Waals surface area contributed by atoms with Gasteiger partial charge in [0, 0.05) is 0 Å². The summed E-state index contributed by atoms with van der Waals surface area (Å²) in [5, 5.41) is 0. The predicted octanol–water partition coefficient (Wildman–Crippen LogP) is -1.12. The van der Waals surface area contributed by atoms with Gasteiger partial charge in [-0.05, 0) is 19.1 Å². The van der Waals surface area contributed by atoms with Crippen LogP contribution >= 0.6 is 0 Å². The molecule has 0 atom stereocenters. The van der Waals surface area contributed by atoms with Gasteiger partial charge in [-0.15, -0.1) is 0 Å². The van der Waals surface area contributed by atoms with Crippen LogP contribution in [0.3, 0.4) is 0 Å². The SMILES string of the molecule is CC[N+](C)(C)Cc1ccco1.[I-]. The molecule has 0 bridgehead atoms. The number of hydrogen-bond acceptors (Lipinski definition) is 1. The summed E-state index contributed by atoms with van der Waals surface area (Å²) in [6.07, 6.45) is 1.73. The molecular weight excluding hydrogens is 265 g/mol. The van der Waals surface area contributed by atoms with Crippen molar-refractivity contribution in [3.63, 3.8) is 0 Å². The summed E-state index contributed by atoms with van der Waals surface area (Å²) >= 11 is 0. The fraction of sp³-hybridized carbons (Fsp3) is 0.556. The van der Waals surface area contributed by atoms with Crippen LogP contribution in [0.25, 0.3) is 0 Å². The van der Waals surface area contributed by atoms with Gasteiger partial charge in [0.2, 0.25) is 0 Å². The lowest BCUT2D eigenvalue weighted by Gasteiger charge is -2.26. The third kappa shape index (κ3) is 3.58. The molecule has 0 amide bonds. The van der Waals surface area contributed by atoms with Crippen LogP contribution in [-0.2, 0) is 6.54 Å². The Morgan fingerprint density at radius 2 is 2.08 bits per heavy atom. The van der Waals surface area contributed by atoms with Crippen molar-refractivity contribution < 1.29 is 32.9 Å². The Hall–Kier alpha value is -0.0300. The number of rotatable bonds is 3. The maximum atomic E-state index is 5.26. The molecule has 0 saturated heterocycles. The molecule has 0 unspecified atom stereocenters. The Morgan fingerprint density at radius 3 is 2.50 bits per heavy atom. The summed E-state index contributed by atoms with van der Waals surface area (Å²) in [6.45, 7) is 4.28. The first-order valence-corrected chi connectivity index (χ1v) is 3.98. The van der Waals surface area contributed by atoms with E-state index in [1.165, 1.54) is 0 Å². The van der Waals surface area contributed by atoms with Crippen LogP contribution in [0.5, 0.6) is 0 Å². The molecule has 70 valence electrons. The molecule has 0 spiro atoms. The highest BCUT2D eigenvalue weighted by atomic mass is 127. The van der Waals surface area contributed by atoms with Crippen molar-refractivity contribution in [1.29, 1.82) is 0 Å². The van der Waals surface area contributed by atoms with Gasteiger partial charge in [-0.1, -0.05) is 0 Å². The molecular formula is C9H16INO. The molecule has 2 nitrogen and oxygen atoms in total. The Morgan fingerprint density at radius 1 is 1.42 bits per heavy atom. The van der Waals surface area contributed by atoms with Crippen LogP contribution in [0.2, 0.25) is 0 Å². The number of hydrogen-bond donors (Lipinski definition) is 0. The molecule has 0 aromatic carbocycles. The minimum absolute atomic E-state index is 0. The van der Waals surface area contributed by atoms with Gasteiger partial charge in [0.05, 0.1) is 26.9 Å². The van der Waals surface area contributed by atoms with E-state index in [4.69, 9.17) is 4.42 Å². The zero-order chi connectivity index (χ0) is 8.32. The lowest BCUT2D eigenvalue weighted by atomic mass is 10.3. The quantitative estimate of drug-likeness (QED) is 0.505. The van der Waals surface area contributed by atoms with Gasteiger partial charge in [-0.25, -0.2) is 0 Å². The number of quaternary nitrogens is 1. The van der Waals surface area contributed by atoms with Gasteiger partial charge in [-0.2, -0.15) is 0 Å². The largest absolute Gasteiger partial charge is 1.00 e. The van der Waals surface area contributed by atoms with Gasteiger partial charge < -0.3 is 32.9 Å². The molecule has 0 radical (unpaired) electrons. The average molecular weight is 281 g/mol. The smallest absolute Gasteiger partial charge is 0.158 e. The van der Waals surface area contributed by atoms with E-state index in [0.29, 0.717) is 0 Å². The molecule has 1 heterocycles. The molecule has 0 aliphatic rings. The average Bonchev–Trinajstić information content (AvgIpc) is 2.39. The highest BCUT2D eigenvalue weighted by Gasteiger charge is 2.13. The van der Waals surface area contributed by atoms with Crippen LogP contribution in [0.4, 0.5) is 0 Å². The van der Waals surface area contributed by atoms with Crippen LogP contribution in [0.15, 0.2) is 22.8 Å². The minimum atomic E-state index is 0. The zero-order valence-corrected chi connectivity index (χ0v) is 10.0. The van der Waals surface area contributed by atoms with Crippen molar-refractivity contribution in [3.05, 3.63) is 24.2 Å². The number of nitrogens with zero attached hydrogens (tertiary/aromatic N) is 1. The number of furan rings is 1. The first-order valence-electron chi connectivity index (χ1n) is 3.98. The Balaban J connectivity index is 0.00000121. The summed E-state index contributed by atoms with van der Waals surface area (Å²) in [5.41, 5.74) is 0.